The Morgan fingerprint density at radius 3 is 1.02 bits per heavy atom. The number of methoxy groups -OCH3 is 2. The fraction of sp³-hybridized carbons (Fsp3) is 0.451. The van der Waals surface area contributed by atoms with Gasteiger partial charge in [0.05, 0.1) is 22.3 Å². The van der Waals surface area contributed by atoms with Gasteiger partial charge in [-0.25, -0.2) is 0 Å². The van der Waals surface area contributed by atoms with Gasteiger partial charge < -0.3 is 9.47 Å². The smallest absolute Gasteiger partial charge is 0.161 e. The molecule has 0 N–H and O–H groups in total. The molecule has 0 aromatic heterocycles. The van der Waals surface area contributed by atoms with E-state index in [2.05, 4.69) is 378 Å². The Balaban J connectivity index is 0.000000190. The number of fused-ring (bicyclic) bond motifs is 4. The SMILES string of the molecule is CC1=Cc2cc(C(C)(C)C)cc(-c3ccc(C(C)(C)C)cc3)c2C1.COc1ccc(-c2cc(C(C)(C)C)cc(C(C)(C)C)c2)c2c1C([Si](C)(C)C1C(C)=Cc3c(-c4ccc(C(C)(C)C)cc4)cc(C(C)(C)C)cc31)C(C)=C2.COc1ccc(-c2cc(C(C)(C)C)cc(C(C)(C)C)c2)c2c1C([Si](C)(C)Cl)C(C)=C2. The normalized spacial score (nSPS) is 16.8. The summed E-state index contributed by atoms with van der Waals surface area (Å²) < 4.78 is 12.1. The number of hydrogen-bond donors (Lipinski definition) is 0. The molecule has 8 aromatic rings. The van der Waals surface area contributed by atoms with Crippen molar-refractivity contribution < 1.29 is 9.47 Å². The van der Waals surface area contributed by atoms with Crippen LogP contribution in [0.2, 0.25) is 26.2 Å². The first-order valence-corrected chi connectivity index (χ1v) is 47.0. The summed E-state index contributed by atoms with van der Waals surface area (Å²) >= 11 is 7.00. The minimum Gasteiger partial charge on any atom is -0.496 e. The number of rotatable bonds is 9. The van der Waals surface area contributed by atoms with Crippen LogP contribution in [0.5, 0.6) is 11.5 Å². The number of benzene rings is 8. The van der Waals surface area contributed by atoms with Gasteiger partial charge in [-0.1, -0.05) is 360 Å². The lowest BCUT2D eigenvalue weighted by molar-refractivity contribution is 0.410. The molecule has 12 rings (SSSR count). The standard InChI is InChI=1S/C51H66OSi.C27H37ClOSi.C24H30/c1-31-24-41-40(33-18-20-35(21-19-33)48(3,4)5)29-38(51(12,13)14)30-43(41)46(31)53(16,17)47-32(2)25-42-39(22-23-44(52-15)45(42)47)34-26-36(49(6,7)8)28-37(27-34)50(9,10)11;1-17-13-22-21(11-12-23(29-8)24(22)25(17)30(9,10)28)18-14-19(26(2,3)4)16-20(15-18)27(5,6)7;1-16-12-18-14-20(24(5,6)7)15-22(21(18)13-16)17-8-10-19(11-9-17)23(2,3)4/h18-30,46-47H,1-17H3;11-16,25H,1-10H3;8-12,14-15H,13H2,1-7H3. The van der Waals surface area contributed by atoms with E-state index in [4.69, 9.17) is 20.6 Å². The monoisotopic (exact) mass is 1480 g/mol. The minimum atomic E-state index is -2.18. The molecule has 2 nitrogen and oxygen atoms in total. The van der Waals surface area contributed by atoms with Crippen LogP contribution in [-0.4, -0.2) is 29.7 Å². The summed E-state index contributed by atoms with van der Waals surface area (Å²) in [5, 5.41) is 0. The highest BCUT2D eigenvalue weighted by Gasteiger charge is 2.49. The highest BCUT2D eigenvalue weighted by Crippen LogP contribution is 2.58. The fourth-order valence-corrected chi connectivity index (χ4v) is 25.2. The molecule has 0 amide bonds. The van der Waals surface area contributed by atoms with Gasteiger partial charge in [0.15, 0.2) is 7.38 Å². The summed E-state index contributed by atoms with van der Waals surface area (Å²) in [6, 6.07) is 51.8. The van der Waals surface area contributed by atoms with E-state index >= 15 is 0 Å². The highest BCUT2D eigenvalue weighted by atomic mass is 35.6. The molecule has 0 fully saturated rings. The van der Waals surface area contributed by atoms with E-state index in [9.17, 15) is 0 Å². The second kappa shape index (κ2) is 29.0. The minimum absolute atomic E-state index is 0.0310. The molecule has 0 bridgehead atoms. The van der Waals surface area contributed by atoms with Crippen LogP contribution in [-0.2, 0) is 49.7 Å². The molecule has 0 saturated heterocycles. The summed E-state index contributed by atoms with van der Waals surface area (Å²) in [5.74, 6) is 1.98. The van der Waals surface area contributed by atoms with E-state index in [-0.39, 0.29) is 48.9 Å². The van der Waals surface area contributed by atoms with E-state index in [0.29, 0.717) is 11.1 Å². The van der Waals surface area contributed by atoms with E-state index < -0.39 is 15.5 Å². The molecule has 4 aliphatic carbocycles. The zero-order chi connectivity index (χ0) is 79.6. The Labute approximate surface area is 657 Å². The summed E-state index contributed by atoms with van der Waals surface area (Å²) in [6.45, 7) is 74.4. The number of hydrogen-bond acceptors (Lipinski definition) is 2. The molecule has 107 heavy (non-hydrogen) atoms. The van der Waals surface area contributed by atoms with Crippen molar-refractivity contribution in [1.29, 1.82) is 0 Å². The van der Waals surface area contributed by atoms with Crippen LogP contribution in [0.15, 0.2) is 156 Å². The third-order valence-electron chi connectivity index (χ3n) is 23.6. The molecule has 0 aliphatic heterocycles. The maximum Gasteiger partial charge on any atom is 0.161 e. The van der Waals surface area contributed by atoms with Crippen LogP contribution in [0.25, 0.3) is 68.8 Å². The zero-order valence-corrected chi connectivity index (χ0v) is 75.4. The van der Waals surface area contributed by atoms with E-state index in [0.717, 1.165) is 17.9 Å². The predicted molar refractivity (Wildman–Crippen MR) is 478 cm³/mol. The Hall–Kier alpha value is -6.96. The predicted octanol–water partition coefficient (Wildman–Crippen LogP) is 30.1. The van der Waals surface area contributed by atoms with Crippen molar-refractivity contribution in [3.8, 4) is 56.0 Å². The third kappa shape index (κ3) is 17.2. The Morgan fingerprint density at radius 2 is 0.645 bits per heavy atom. The summed E-state index contributed by atoms with van der Waals surface area (Å²) in [7, 11) is -0.522. The fourth-order valence-electron chi connectivity index (χ4n) is 17.3. The number of ether oxygens (including phenoxy) is 2. The van der Waals surface area contributed by atoms with Crippen LogP contribution in [0, 0.1) is 0 Å². The molecular formula is C102H133ClO2Si2. The Morgan fingerprint density at radius 1 is 0.318 bits per heavy atom. The van der Waals surface area contributed by atoms with Crippen LogP contribution in [0.1, 0.15) is 300 Å². The molecule has 4 aliphatic rings. The molecule has 3 atom stereocenters. The Kier molecular flexibility index (Phi) is 22.4. The first-order chi connectivity index (χ1) is 49.0. The van der Waals surface area contributed by atoms with Crippen molar-refractivity contribution in [2.24, 2.45) is 0 Å². The van der Waals surface area contributed by atoms with Gasteiger partial charge in [0.2, 0.25) is 0 Å². The maximum atomic E-state index is 7.00. The summed E-state index contributed by atoms with van der Waals surface area (Å²) in [6.07, 6.45) is 10.8. The summed E-state index contributed by atoms with van der Waals surface area (Å²) in [4.78, 5) is 0. The largest absolute Gasteiger partial charge is 0.496 e. The van der Waals surface area contributed by atoms with Gasteiger partial charge in [-0.15, -0.1) is 0 Å². The third-order valence-corrected chi connectivity index (χ3v) is 30.9. The van der Waals surface area contributed by atoms with Crippen molar-refractivity contribution in [1.82, 2.24) is 0 Å². The molecular weight excluding hydrogens is 1350 g/mol. The first kappa shape index (κ1) is 82.5. The van der Waals surface area contributed by atoms with Crippen molar-refractivity contribution in [2.45, 2.75) is 286 Å². The van der Waals surface area contributed by atoms with E-state index in [1.807, 2.05) is 7.11 Å². The van der Waals surface area contributed by atoms with Crippen molar-refractivity contribution in [3.63, 3.8) is 0 Å². The lowest BCUT2D eigenvalue weighted by Crippen LogP contribution is -2.42. The average molecular weight is 1480 g/mol. The van der Waals surface area contributed by atoms with Crippen LogP contribution < -0.4 is 9.47 Å². The Bertz CT molecular complexity index is 4770. The van der Waals surface area contributed by atoms with E-state index in [1.54, 1.807) is 7.11 Å². The van der Waals surface area contributed by atoms with Crippen LogP contribution in [0.4, 0.5) is 0 Å². The lowest BCUT2D eigenvalue weighted by Gasteiger charge is -2.40. The van der Waals surface area contributed by atoms with Gasteiger partial charge in [-0.05, 0) is 212 Å². The van der Waals surface area contributed by atoms with Crippen molar-refractivity contribution in [3.05, 3.63) is 245 Å². The molecule has 8 aromatic carbocycles. The zero-order valence-electron chi connectivity index (χ0n) is 72.6. The highest BCUT2D eigenvalue weighted by molar-refractivity contribution is 7.20. The maximum absolute atomic E-state index is 7.00. The average Bonchev–Trinajstić information content (AvgIpc) is 1.58. The molecule has 0 radical (unpaired) electrons. The molecule has 0 saturated carbocycles. The number of halogens is 1. The van der Waals surface area contributed by atoms with Gasteiger partial charge in [0.1, 0.15) is 11.5 Å². The van der Waals surface area contributed by atoms with Gasteiger partial charge in [-0.2, -0.15) is 11.1 Å². The quantitative estimate of drug-likeness (QED) is 0.106. The second-order valence-corrected chi connectivity index (χ2v) is 53.1. The molecule has 3 unspecified atom stereocenters. The van der Waals surface area contributed by atoms with E-state index in [1.165, 1.54) is 156 Å². The van der Waals surface area contributed by atoms with Crippen LogP contribution in [0.3, 0.4) is 0 Å². The van der Waals surface area contributed by atoms with Gasteiger partial charge in [0.25, 0.3) is 0 Å². The first-order valence-electron chi connectivity index (χ1n) is 39.8. The van der Waals surface area contributed by atoms with Crippen LogP contribution >= 0.6 is 11.1 Å². The van der Waals surface area contributed by atoms with Crippen molar-refractivity contribution >= 4 is 50.8 Å². The molecule has 568 valence electrons. The summed E-state index contributed by atoms with van der Waals surface area (Å²) in [5.41, 5.74) is 40.4. The molecule has 5 heteroatoms. The second-order valence-electron chi connectivity index (χ2n) is 41.7. The van der Waals surface area contributed by atoms with Gasteiger partial charge >= 0.3 is 0 Å². The lowest BCUT2D eigenvalue weighted by atomic mass is 9.78. The topological polar surface area (TPSA) is 18.5 Å². The van der Waals surface area contributed by atoms with Crippen molar-refractivity contribution in [2.75, 3.05) is 14.2 Å². The van der Waals surface area contributed by atoms with Gasteiger partial charge in [0, 0.05) is 27.8 Å². The molecule has 0 spiro atoms. The van der Waals surface area contributed by atoms with Gasteiger partial charge in [-0.3, -0.25) is 0 Å². The number of allylic oxidation sites excluding steroid dienone is 4. The molecule has 0 heterocycles.